The highest BCUT2D eigenvalue weighted by Gasteiger charge is 2.58. The maximum atomic E-state index is 14.3. The topological polar surface area (TPSA) is 114 Å². The Morgan fingerprint density at radius 2 is 2.07 bits per heavy atom. The Morgan fingerprint density at radius 1 is 1.19 bits per heavy atom. The van der Waals surface area contributed by atoms with Gasteiger partial charge in [0.2, 0.25) is 5.88 Å². The number of carboxylic acid groups (broad SMARTS) is 1. The molecule has 2 aromatic carbocycles. The minimum atomic E-state index is -0.964. The van der Waals surface area contributed by atoms with Crippen LogP contribution in [0.5, 0.6) is 5.88 Å². The highest BCUT2D eigenvalue weighted by Crippen LogP contribution is 2.58. The van der Waals surface area contributed by atoms with Gasteiger partial charge in [-0.15, -0.1) is 0 Å². The molecule has 3 fully saturated rings. The number of carboxylic acids is 1. The van der Waals surface area contributed by atoms with E-state index in [1.165, 1.54) is 6.07 Å². The van der Waals surface area contributed by atoms with Gasteiger partial charge < -0.3 is 19.1 Å². The van der Waals surface area contributed by atoms with E-state index in [9.17, 15) is 14.3 Å². The molecule has 2 saturated heterocycles. The monoisotopic (exact) mass is 567 g/mol. The van der Waals surface area contributed by atoms with Gasteiger partial charge in [0.05, 0.1) is 53.1 Å². The predicted molar refractivity (Wildman–Crippen MR) is 150 cm³/mol. The number of rotatable bonds is 9. The second kappa shape index (κ2) is 10.5. The number of carbonyl (C=O) groups is 1. The molecule has 2 aromatic heterocycles. The van der Waals surface area contributed by atoms with E-state index in [4.69, 9.17) is 24.7 Å². The summed E-state index contributed by atoms with van der Waals surface area (Å²) in [6.45, 7) is 3.92. The number of aromatic nitrogens is 3. The van der Waals surface area contributed by atoms with E-state index in [-0.39, 0.29) is 29.3 Å². The number of fused-ring (bicyclic) bond motifs is 2. The first kappa shape index (κ1) is 26.6. The summed E-state index contributed by atoms with van der Waals surface area (Å²) in [6, 6.07) is 17.2. The molecule has 4 heterocycles. The fourth-order valence-corrected chi connectivity index (χ4v) is 6.43. The molecular formula is C32H30FN5O4. The third-order valence-electron chi connectivity index (χ3n) is 8.94. The molecule has 10 heteroatoms. The summed E-state index contributed by atoms with van der Waals surface area (Å²) in [5.41, 5.74) is 3.40. The predicted octanol–water partition coefficient (Wildman–Crippen LogP) is 4.67. The number of nitriles is 1. The molecular weight excluding hydrogens is 537 g/mol. The molecule has 2 unspecified atom stereocenters. The number of pyridine rings is 1. The summed E-state index contributed by atoms with van der Waals surface area (Å²) in [4.78, 5) is 23.7. The Hall–Kier alpha value is -4.33. The van der Waals surface area contributed by atoms with Gasteiger partial charge in [0, 0.05) is 30.2 Å². The number of hydrogen-bond acceptors (Lipinski definition) is 7. The van der Waals surface area contributed by atoms with Crippen molar-refractivity contribution in [3.05, 3.63) is 88.6 Å². The molecule has 1 aliphatic carbocycles. The number of halogens is 1. The number of imidazole rings is 1. The fraction of sp³-hybridized carbons (Fsp3) is 0.375. The zero-order chi connectivity index (χ0) is 28.8. The van der Waals surface area contributed by atoms with Crippen LogP contribution in [-0.4, -0.2) is 56.3 Å². The summed E-state index contributed by atoms with van der Waals surface area (Å²) in [6.07, 6.45) is 3.25. The Labute approximate surface area is 242 Å². The third kappa shape index (κ3) is 4.89. The normalized spacial score (nSPS) is 23.1. The number of nitrogens with zero attached hydrogens (tertiary/aromatic N) is 5. The van der Waals surface area contributed by atoms with Gasteiger partial charge in [-0.05, 0) is 68.1 Å². The van der Waals surface area contributed by atoms with Crippen LogP contribution in [0.25, 0.3) is 11.0 Å². The van der Waals surface area contributed by atoms with Crippen molar-refractivity contribution in [3.8, 4) is 11.9 Å². The van der Waals surface area contributed by atoms with Gasteiger partial charge in [0.1, 0.15) is 18.2 Å². The quantitative estimate of drug-likeness (QED) is 0.310. The van der Waals surface area contributed by atoms with Crippen molar-refractivity contribution < 1.29 is 23.8 Å². The second-order valence-electron chi connectivity index (χ2n) is 11.6. The summed E-state index contributed by atoms with van der Waals surface area (Å²) in [5.74, 6) is 0.473. The van der Waals surface area contributed by atoms with Crippen LogP contribution in [0.1, 0.15) is 52.3 Å². The zero-order valence-electron chi connectivity index (χ0n) is 23.0. The maximum Gasteiger partial charge on any atom is 0.335 e. The van der Waals surface area contributed by atoms with Crippen molar-refractivity contribution in [2.24, 2.45) is 5.92 Å². The minimum Gasteiger partial charge on any atom is -0.478 e. The van der Waals surface area contributed by atoms with Gasteiger partial charge in [-0.1, -0.05) is 12.1 Å². The van der Waals surface area contributed by atoms with Crippen LogP contribution in [0.4, 0.5) is 4.39 Å². The molecule has 9 nitrogen and oxygen atoms in total. The van der Waals surface area contributed by atoms with Crippen LogP contribution < -0.4 is 4.74 Å². The number of ether oxygens (including phenoxy) is 2. The molecule has 3 atom stereocenters. The van der Waals surface area contributed by atoms with Gasteiger partial charge in [-0.2, -0.15) is 5.26 Å². The molecule has 0 amide bonds. The van der Waals surface area contributed by atoms with Crippen molar-refractivity contribution in [3.63, 3.8) is 0 Å². The summed E-state index contributed by atoms with van der Waals surface area (Å²) in [5, 5.41) is 18.5. The van der Waals surface area contributed by atoms with Crippen molar-refractivity contribution in [1.29, 1.82) is 5.26 Å². The second-order valence-corrected chi connectivity index (χ2v) is 11.6. The number of likely N-dealkylation sites (tertiary alicyclic amines) is 1. The van der Waals surface area contributed by atoms with Crippen LogP contribution in [0.15, 0.2) is 54.6 Å². The van der Waals surface area contributed by atoms with E-state index in [1.54, 1.807) is 30.3 Å². The molecule has 0 bridgehead atoms. The molecule has 1 saturated carbocycles. The highest BCUT2D eigenvalue weighted by molar-refractivity contribution is 5.92. The lowest BCUT2D eigenvalue weighted by atomic mass is 9.93. The average Bonchev–Trinajstić information content (AvgIpc) is 3.62. The maximum absolute atomic E-state index is 14.3. The SMILES string of the molecule is N#Cc1ccc(COc2cccc(C34CC3CCN(Cc3nc5cc(C(=O)O)ccc5n3C[C@@H]3CCO3)C4)n2)c(F)c1. The summed E-state index contributed by atoms with van der Waals surface area (Å²) >= 11 is 0. The van der Waals surface area contributed by atoms with E-state index in [1.807, 2.05) is 18.2 Å². The van der Waals surface area contributed by atoms with E-state index < -0.39 is 11.8 Å². The minimum absolute atomic E-state index is 0.0288. The Bertz CT molecular complexity index is 1730. The number of hydrogen-bond donors (Lipinski definition) is 1. The molecule has 2 aliphatic heterocycles. The molecule has 214 valence electrons. The van der Waals surface area contributed by atoms with Crippen LogP contribution in [0.2, 0.25) is 0 Å². The van der Waals surface area contributed by atoms with Gasteiger partial charge in [0.15, 0.2) is 0 Å². The molecule has 4 aromatic rings. The van der Waals surface area contributed by atoms with Gasteiger partial charge >= 0.3 is 5.97 Å². The molecule has 42 heavy (non-hydrogen) atoms. The van der Waals surface area contributed by atoms with Crippen LogP contribution in [0, 0.1) is 23.1 Å². The fourth-order valence-electron chi connectivity index (χ4n) is 6.43. The van der Waals surface area contributed by atoms with E-state index in [0.29, 0.717) is 36.0 Å². The van der Waals surface area contributed by atoms with Gasteiger partial charge in [-0.3, -0.25) is 4.90 Å². The number of benzene rings is 2. The molecule has 1 N–H and O–H groups in total. The standard InChI is InChI=1S/C32H30FN5O4/c33-25-12-20(15-34)4-5-22(25)18-42-30-3-1-2-28(36-30)32-14-23(32)8-10-37(19-32)17-29-35-26-13-21(31(39)40)6-7-27(26)38(29)16-24-9-11-41-24/h1-7,12-13,23-24H,8-11,14,16-19H2,(H,39,40)/t23?,24-,32?/m0/s1. The number of aromatic carboxylic acids is 1. The van der Waals surface area contributed by atoms with E-state index in [2.05, 4.69) is 15.5 Å². The zero-order valence-corrected chi connectivity index (χ0v) is 23.0. The average molecular weight is 568 g/mol. The smallest absolute Gasteiger partial charge is 0.335 e. The van der Waals surface area contributed by atoms with Crippen LogP contribution in [-0.2, 0) is 29.8 Å². The van der Waals surface area contributed by atoms with E-state index in [0.717, 1.165) is 56.0 Å². The highest BCUT2D eigenvalue weighted by atomic mass is 19.1. The van der Waals surface area contributed by atoms with Crippen molar-refractivity contribution in [1.82, 2.24) is 19.4 Å². The van der Waals surface area contributed by atoms with Gasteiger partial charge in [0.25, 0.3) is 0 Å². The summed E-state index contributed by atoms with van der Waals surface area (Å²) in [7, 11) is 0. The van der Waals surface area contributed by atoms with Crippen molar-refractivity contribution in [2.45, 2.75) is 50.5 Å². The van der Waals surface area contributed by atoms with Crippen molar-refractivity contribution in [2.75, 3.05) is 19.7 Å². The summed E-state index contributed by atoms with van der Waals surface area (Å²) < 4.78 is 28.1. The van der Waals surface area contributed by atoms with E-state index >= 15 is 0 Å². The Balaban J connectivity index is 1.09. The first-order valence-corrected chi connectivity index (χ1v) is 14.3. The Kier molecular flexibility index (Phi) is 6.64. The lowest BCUT2D eigenvalue weighted by Gasteiger charge is -2.33. The first-order chi connectivity index (χ1) is 20.4. The third-order valence-corrected chi connectivity index (χ3v) is 8.94. The molecule has 0 radical (unpaired) electrons. The van der Waals surface area contributed by atoms with Gasteiger partial charge in [-0.25, -0.2) is 19.2 Å². The molecule has 3 aliphatic rings. The lowest BCUT2D eigenvalue weighted by molar-refractivity contribution is -0.0592. The lowest BCUT2D eigenvalue weighted by Crippen LogP contribution is -2.40. The van der Waals surface area contributed by atoms with Crippen molar-refractivity contribution >= 4 is 17.0 Å². The largest absolute Gasteiger partial charge is 0.478 e. The van der Waals surface area contributed by atoms with Crippen LogP contribution in [0.3, 0.4) is 0 Å². The first-order valence-electron chi connectivity index (χ1n) is 14.3. The number of piperidine rings is 1. The Morgan fingerprint density at radius 3 is 2.83 bits per heavy atom. The molecule has 0 spiro atoms. The van der Waals surface area contributed by atoms with Crippen LogP contribution >= 0.6 is 0 Å². The molecule has 7 rings (SSSR count).